The molecule has 6 heteroatoms. The van der Waals surface area contributed by atoms with Gasteiger partial charge in [0.15, 0.2) is 0 Å². The molecular weight excluding hydrogens is 374 g/mol. The molecular formula is C22H21NO4S. The van der Waals surface area contributed by atoms with E-state index in [0.717, 1.165) is 16.7 Å². The van der Waals surface area contributed by atoms with Crippen molar-refractivity contribution in [1.29, 1.82) is 0 Å². The molecule has 0 heterocycles. The number of carbonyl (C=O) groups is 1. The summed E-state index contributed by atoms with van der Waals surface area (Å²) in [6.45, 7) is 1.96. The van der Waals surface area contributed by atoms with Crippen LogP contribution in [0.4, 0.5) is 0 Å². The molecule has 144 valence electrons. The molecule has 0 aliphatic carbocycles. The molecule has 28 heavy (non-hydrogen) atoms. The summed E-state index contributed by atoms with van der Waals surface area (Å²) in [7, 11) is -2.64. The monoisotopic (exact) mass is 395 g/mol. The Labute approximate surface area is 165 Å². The number of benzene rings is 3. The Balaban J connectivity index is 2.02. The van der Waals surface area contributed by atoms with E-state index in [1.807, 2.05) is 61.5 Å². The Hall–Kier alpha value is -2.96. The predicted molar refractivity (Wildman–Crippen MR) is 108 cm³/mol. The molecule has 0 aliphatic heterocycles. The van der Waals surface area contributed by atoms with Crippen LogP contribution in [-0.2, 0) is 14.8 Å². The topological polar surface area (TPSA) is 72.5 Å². The lowest BCUT2D eigenvalue weighted by molar-refractivity contribution is 0.0600. The predicted octanol–water partition coefficient (Wildman–Crippen LogP) is 3.85. The number of hydrogen-bond donors (Lipinski definition) is 1. The molecule has 0 bridgehead atoms. The van der Waals surface area contributed by atoms with E-state index >= 15 is 0 Å². The number of nitrogens with one attached hydrogen (secondary N) is 1. The van der Waals surface area contributed by atoms with E-state index in [1.54, 1.807) is 0 Å². The van der Waals surface area contributed by atoms with Crippen LogP contribution in [0.15, 0.2) is 83.8 Å². The molecule has 0 fully saturated rings. The minimum Gasteiger partial charge on any atom is -0.465 e. The van der Waals surface area contributed by atoms with Crippen molar-refractivity contribution < 1.29 is 17.9 Å². The Kier molecular flexibility index (Phi) is 5.92. The van der Waals surface area contributed by atoms with Crippen LogP contribution in [0.3, 0.4) is 0 Å². The van der Waals surface area contributed by atoms with Crippen molar-refractivity contribution in [2.24, 2.45) is 0 Å². The molecule has 0 saturated carbocycles. The van der Waals surface area contributed by atoms with E-state index < -0.39 is 22.0 Å². The molecule has 3 aromatic carbocycles. The number of esters is 1. The molecule has 0 radical (unpaired) electrons. The molecule has 0 spiro atoms. The number of methoxy groups -OCH3 is 1. The smallest absolute Gasteiger partial charge is 0.337 e. The molecule has 0 unspecified atom stereocenters. The summed E-state index contributed by atoms with van der Waals surface area (Å²) in [4.78, 5) is 11.8. The molecule has 0 aromatic heterocycles. The van der Waals surface area contributed by atoms with E-state index in [-0.39, 0.29) is 10.5 Å². The zero-order chi connectivity index (χ0) is 20.1. The minimum absolute atomic E-state index is 0.00369. The number of hydrogen-bond acceptors (Lipinski definition) is 4. The van der Waals surface area contributed by atoms with E-state index in [0.29, 0.717) is 0 Å². The molecule has 3 aromatic rings. The van der Waals surface area contributed by atoms with Crippen LogP contribution in [0, 0.1) is 6.92 Å². The average Bonchev–Trinajstić information content (AvgIpc) is 2.72. The maximum Gasteiger partial charge on any atom is 0.337 e. The van der Waals surface area contributed by atoms with Crippen molar-refractivity contribution in [3.63, 3.8) is 0 Å². The Morgan fingerprint density at radius 3 is 2.25 bits per heavy atom. The summed E-state index contributed by atoms with van der Waals surface area (Å²) in [5, 5.41) is 0. The third-order valence-corrected chi connectivity index (χ3v) is 5.77. The van der Waals surface area contributed by atoms with Crippen molar-refractivity contribution in [1.82, 2.24) is 4.72 Å². The van der Waals surface area contributed by atoms with Crippen LogP contribution in [0.2, 0.25) is 0 Å². The SMILES string of the molecule is COC(=O)c1cccc(S(=O)(=O)N[C@@H](c2ccccc2)c2cccc(C)c2)c1. The summed E-state index contributed by atoms with van der Waals surface area (Å²) >= 11 is 0. The van der Waals surface area contributed by atoms with Crippen molar-refractivity contribution >= 4 is 16.0 Å². The summed E-state index contributed by atoms with van der Waals surface area (Å²) < 4.78 is 33.6. The van der Waals surface area contributed by atoms with E-state index in [9.17, 15) is 13.2 Å². The first-order valence-corrected chi connectivity index (χ1v) is 10.2. The van der Waals surface area contributed by atoms with Crippen LogP contribution in [0.5, 0.6) is 0 Å². The van der Waals surface area contributed by atoms with Gasteiger partial charge in [-0.1, -0.05) is 66.2 Å². The number of carbonyl (C=O) groups excluding carboxylic acids is 1. The van der Waals surface area contributed by atoms with Gasteiger partial charge >= 0.3 is 5.97 Å². The fraction of sp³-hybridized carbons (Fsp3) is 0.136. The van der Waals surface area contributed by atoms with Gasteiger partial charge in [-0.25, -0.2) is 13.2 Å². The highest BCUT2D eigenvalue weighted by Crippen LogP contribution is 2.25. The zero-order valence-electron chi connectivity index (χ0n) is 15.6. The van der Waals surface area contributed by atoms with Gasteiger partial charge in [-0.2, -0.15) is 4.72 Å². The van der Waals surface area contributed by atoms with Crippen molar-refractivity contribution in [3.8, 4) is 0 Å². The molecule has 1 atom stereocenters. The molecule has 3 rings (SSSR count). The molecule has 5 nitrogen and oxygen atoms in total. The van der Waals surface area contributed by atoms with Crippen LogP contribution >= 0.6 is 0 Å². The maximum absolute atomic E-state index is 13.1. The highest BCUT2D eigenvalue weighted by atomic mass is 32.2. The highest BCUT2D eigenvalue weighted by Gasteiger charge is 2.24. The molecule has 0 saturated heterocycles. The Morgan fingerprint density at radius 2 is 1.57 bits per heavy atom. The van der Waals surface area contributed by atoms with Crippen molar-refractivity contribution in [3.05, 3.63) is 101 Å². The fourth-order valence-corrected chi connectivity index (χ4v) is 4.21. The Bertz CT molecular complexity index is 1080. The van der Waals surface area contributed by atoms with Gasteiger partial charge in [0.2, 0.25) is 10.0 Å². The van der Waals surface area contributed by atoms with Gasteiger partial charge in [0.05, 0.1) is 23.6 Å². The van der Waals surface area contributed by atoms with E-state index in [1.165, 1.54) is 31.4 Å². The number of rotatable bonds is 6. The lowest BCUT2D eigenvalue weighted by Gasteiger charge is -2.20. The van der Waals surface area contributed by atoms with Gasteiger partial charge in [-0.05, 0) is 36.2 Å². The quantitative estimate of drug-likeness (QED) is 0.644. The zero-order valence-corrected chi connectivity index (χ0v) is 16.4. The van der Waals surface area contributed by atoms with Crippen molar-refractivity contribution in [2.45, 2.75) is 17.9 Å². The van der Waals surface area contributed by atoms with Gasteiger partial charge in [0.25, 0.3) is 0 Å². The van der Waals surface area contributed by atoms with Crippen LogP contribution in [0.25, 0.3) is 0 Å². The largest absolute Gasteiger partial charge is 0.465 e. The summed E-state index contributed by atoms with van der Waals surface area (Å²) in [6.07, 6.45) is 0. The van der Waals surface area contributed by atoms with Gasteiger partial charge in [-0.15, -0.1) is 0 Å². The number of sulfonamides is 1. The molecule has 0 amide bonds. The van der Waals surface area contributed by atoms with Gasteiger partial charge in [-0.3, -0.25) is 0 Å². The van der Waals surface area contributed by atoms with E-state index in [4.69, 9.17) is 0 Å². The standard InChI is InChI=1S/C22H21NO4S/c1-16-8-6-11-18(14-16)21(17-9-4-3-5-10-17)23-28(25,26)20-13-7-12-19(15-20)22(24)27-2/h3-15,21,23H,1-2H3/t21-/m0/s1. The average molecular weight is 395 g/mol. The first-order chi connectivity index (χ1) is 13.4. The first-order valence-electron chi connectivity index (χ1n) is 8.73. The van der Waals surface area contributed by atoms with Crippen LogP contribution < -0.4 is 4.72 Å². The lowest BCUT2D eigenvalue weighted by atomic mass is 9.98. The van der Waals surface area contributed by atoms with Gasteiger partial charge in [0.1, 0.15) is 0 Å². The second kappa shape index (κ2) is 8.37. The highest BCUT2D eigenvalue weighted by molar-refractivity contribution is 7.89. The second-order valence-corrected chi connectivity index (χ2v) is 8.11. The molecule has 1 N–H and O–H groups in total. The second-order valence-electron chi connectivity index (χ2n) is 6.40. The summed E-state index contributed by atoms with van der Waals surface area (Å²) in [6, 6.07) is 22.3. The number of aryl methyl sites for hydroxylation is 1. The van der Waals surface area contributed by atoms with E-state index in [2.05, 4.69) is 9.46 Å². The van der Waals surface area contributed by atoms with Crippen LogP contribution in [-0.4, -0.2) is 21.5 Å². The van der Waals surface area contributed by atoms with Crippen LogP contribution in [0.1, 0.15) is 33.1 Å². The van der Waals surface area contributed by atoms with Crippen molar-refractivity contribution in [2.75, 3.05) is 7.11 Å². The third-order valence-electron chi connectivity index (χ3n) is 4.35. The number of ether oxygens (including phenoxy) is 1. The fourth-order valence-electron chi connectivity index (χ4n) is 2.95. The summed E-state index contributed by atoms with van der Waals surface area (Å²) in [5.41, 5.74) is 2.86. The lowest BCUT2D eigenvalue weighted by Crippen LogP contribution is -2.29. The minimum atomic E-state index is -3.89. The molecule has 0 aliphatic rings. The van der Waals surface area contributed by atoms with Gasteiger partial charge < -0.3 is 4.74 Å². The van der Waals surface area contributed by atoms with Gasteiger partial charge in [0, 0.05) is 0 Å². The maximum atomic E-state index is 13.1. The normalized spacial score (nSPS) is 12.4. The Morgan fingerprint density at radius 1 is 0.893 bits per heavy atom. The first kappa shape index (κ1) is 19.8. The third kappa shape index (κ3) is 4.47. The summed E-state index contributed by atoms with van der Waals surface area (Å²) in [5.74, 6) is -0.588.